The summed E-state index contributed by atoms with van der Waals surface area (Å²) >= 11 is 0. The highest BCUT2D eigenvalue weighted by Gasteiger charge is 2.44. The Morgan fingerprint density at radius 2 is 1.24 bits per heavy atom. The van der Waals surface area contributed by atoms with E-state index in [0.717, 1.165) is 48.1 Å². The second-order valence-electron chi connectivity index (χ2n) is 8.71. The Morgan fingerprint density at radius 3 is 1.85 bits per heavy atom. The molecular formula is C29H26N2O2. The molecule has 4 heteroatoms. The Hall–Kier alpha value is -3.66. The van der Waals surface area contributed by atoms with Crippen molar-refractivity contribution in [3.05, 3.63) is 107 Å². The van der Waals surface area contributed by atoms with Crippen molar-refractivity contribution in [3.63, 3.8) is 0 Å². The van der Waals surface area contributed by atoms with E-state index in [0.29, 0.717) is 11.3 Å². The van der Waals surface area contributed by atoms with E-state index in [1.807, 2.05) is 78.9 Å². The van der Waals surface area contributed by atoms with Crippen LogP contribution < -0.4 is 0 Å². The number of benzene rings is 3. The Morgan fingerprint density at radius 1 is 0.697 bits per heavy atom. The van der Waals surface area contributed by atoms with E-state index in [4.69, 9.17) is 0 Å². The van der Waals surface area contributed by atoms with Gasteiger partial charge in [-0.05, 0) is 36.8 Å². The van der Waals surface area contributed by atoms with Gasteiger partial charge in [0.1, 0.15) is 5.92 Å². The van der Waals surface area contributed by atoms with E-state index in [-0.39, 0.29) is 11.6 Å². The summed E-state index contributed by atoms with van der Waals surface area (Å²) in [5.41, 5.74) is 4.56. The standard InChI is InChI=1S/C29H26N2O2/c32-28-24-19-11-10-18-23(24)27(31-30-22-16-8-3-9-17-22)26(28)29(33)25(20-12-4-1-5-13-20)21-14-6-2-7-15-21/h1-2,4-7,10-15,18-19,25-26H,3,8-9,16-17H2/b31-27+/t26-/m0/s1. The fourth-order valence-corrected chi connectivity index (χ4v) is 4.90. The highest BCUT2D eigenvalue weighted by molar-refractivity contribution is 6.38. The van der Waals surface area contributed by atoms with Gasteiger partial charge in [0.05, 0.1) is 11.6 Å². The first-order valence-electron chi connectivity index (χ1n) is 11.6. The molecule has 0 amide bonds. The topological polar surface area (TPSA) is 58.9 Å². The molecule has 0 saturated heterocycles. The van der Waals surface area contributed by atoms with Crippen LogP contribution in [0.2, 0.25) is 0 Å². The number of Topliss-reactive ketones (excluding diaryl/α,β-unsaturated/α-hetero) is 2. The maximum atomic E-state index is 14.1. The Balaban J connectivity index is 1.60. The maximum Gasteiger partial charge on any atom is 0.180 e. The molecule has 3 aromatic carbocycles. The van der Waals surface area contributed by atoms with Crippen LogP contribution in [0.4, 0.5) is 0 Å². The molecule has 0 unspecified atom stereocenters. The molecule has 1 fully saturated rings. The molecular weight excluding hydrogens is 408 g/mol. The van der Waals surface area contributed by atoms with Crippen LogP contribution in [0.1, 0.15) is 65.1 Å². The molecule has 0 bridgehead atoms. The minimum Gasteiger partial charge on any atom is -0.297 e. The lowest BCUT2D eigenvalue weighted by molar-refractivity contribution is -0.120. The largest absolute Gasteiger partial charge is 0.297 e. The zero-order valence-corrected chi connectivity index (χ0v) is 18.5. The lowest BCUT2D eigenvalue weighted by Gasteiger charge is -2.20. The number of ketones is 2. The Bertz CT molecular complexity index is 1180. The van der Waals surface area contributed by atoms with Crippen molar-refractivity contribution in [2.45, 2.75) is 38.0 Å². The van der Waals surface area contributed by atoms with Gasteiger partial charge in [-0.25, -0.2) is 0 Å². The number of nitrogens with zero attached hydrogens (tertiary/aromatic N) is 2. The van der Waals surface area contributed by atoms with Crippen LogP contribution >= 0.6 is 0 Å². The van der Waals surface area contributed by atoms with Crippen LogP contribution in [0.25, 0.3) is 0 Å². The predicted octanol–water partition coefficient (Wildman–Crippen LogP) is 6.01. The summed E-state index contributed by atoms with van der Waals surface area (Å²) in [5.74, 6) is -1.85. The van der Waals surface area contributed by atoms with Crippen LogP contribution in [0.5, 0.6) is 0 Å². The first kappa shape index (κ1) is 21.2. The van der Waals surface area contributed by atoms with Crippen molar-refractivity contribution >= 4 is 23.0 Å². The Kier molecular flexibility index (Phi) is 6.07. The van der Waals surface area contributed by atoms with Gasteiger partial charge in [0.2, 0.25) is 0 Å². The molecule has 3 aromatic rings. The summed E-state index contributed by atoms with van der Waals surface area (Å²) in [6.07, 6.45) is 5.31. The number of hydrogen-bond donors (Lipinski definition) is 0. The van der Waals surface area contributed by atoms with Crippen LogP contribution in [0, 0.1) is 5.92 Å². The zero-order valence-electron chi connectivity index (χ0n) is 18.5. The smallest absolute Gasteiger partial charge is 0.180 e. The van der Waals surface area contributed by atoms with Crippen molar-refractivity contribution in [2.75, 3.05) is 0 Å². The number of fused-ring (bicyclic) bond motifs is 1. The highest BCUT2D eigenvalue weighted by Crippen LogP contribution is 2.35. The van der Waals surface area contributed by atoms with E-state index in [1.165, 1.54) is 6.42 Å². The molecule has 0 heterocycles. The molecule has 2 aliphatic carbocycles. The quantitative estimate of drug-likeness (QED) is 0.365. The minimum atomic E-state index is -0.958. The van der Waals surface area contributed by atoms with Crippen molar-refractivity contribution in [1.29, 1.82) is 0 Å². The van der Waals surface area contributed by atoms with Gasteiger partial charge in [-0.3, -0.25) is 9.59 Å². The van der Waals surface area contributed by atoms with E-state index in [1.54, 1.807) is 6.07 Å². The van der Waals surface area contributed by atoms with E-state index >= 15 is 0 Å². The molecule has 1 atom stereocenters. The summed E-state index contributed by atoms with van der Waals surface area (Å²) in [5, 5.41) is 9.11. The molecule has 2 aliphatic rings. The third-order valence-corrected chi connectivity index (χ3v) is 6.57. The van der Waals surface area contributed by atoms with Gasteiger partial charge < -0.3 is 0 Å². The molecule has 0 aliphatic heterocycles. The predicted molar refractivity (Wildman–Crippen MR) is 131 cm³/mol. The summed E-state index contributed by atoms with van der Waals surface area (Å²) in [7, 11) is 0. The van der Waals surface area contributed by atoms with Gasteiger partial charge in [-0.2, -0.15) is 10.2 Å². The summed E-state index contributed by atoms with van der Waals surface area (Å²) < 4.78 is 0. The number of hydrogen-bond acceptors (Lipinski definition) is 4. The third kappa shape index (κ3) is 4.21. The lowest BCUT2D eigenvalue weighted by atomic mass is 9.80. The van der Waals surface area contributed by atoms with Gasteiger partial charge in [-0.1, -0.05) is 91.3 Å². The molecule has 0 aromatic heterocycles. The minimum absolute atomic E-state index is 0.156. The average molecular weight is 435 g/mol. The van der Waals surface area contributed by atoms with Crippen LogP contribution in [-0.4, -0.2) is 23.0 Å². The van der Waals surface area contributed by atoms with Crippen LogP contribution in [-0.2, 0) is 4.79 Å². The van der Waals surface area contributed by atoms with E-state index in [2.05, 4.69) is 10.2 Å². The monoisotopic (exact) mass is 434 g/mol. The Labute approximate surface area is 194 Å². The van der Waals surface area contributed by atoms with Crippen molar-refractivity contribution in [1.82, 2.24) is 0 Å². The average Bonchev–Trinajstić information content (AvgIpc) is 3.16. The molecule has 0 spiro atoms. The second-order valence-corrected chi connectivity index (χ2v) is 8.71. The van der Waals surface area contributed by atoms with Crippen molar-refractivity contribution in [2.24, 2.45) is 16.1 Å². The van der Waals surface area contributed by atoms with Crippen LogP contribution in [0.15, 0.2) is 95.1 Å². The SMILES string of the molecule is O=C1c2ccccc2/C(=N\N=C2CCCCC2)[C@@H]1C(=O)C(c1ccccc1)c1ccccc1. The molecule has 33 heavy (non-hydrogen) atoms. The molecule has 0 radical (unpaired) electrons. The van der Waals surface area contributed by atoms with Gasteiger partial charge in [0.25, 0.3) is 0 Å². The highest BCUT2D eigenvalue weighted by atomic mass is 16.2. The molecule has 0 N–H and O–H groups in total. The van der Waals surface area contributed by atoms with E-state index in [9.17, 15) is 9.59 Å². The number of rotatable bonds is 5. The molecule has 4 nitrogen and oxygen atoms in total. The second kappa shape index (κ2) is 9.45. The normalized spacial score (nSPS) is 19.1. The number of carbonyl (C=O) groups excluding carboxylic acids is 2. The fourth-order valence-electron chi connectivity index (χ4n) is 4.90. The van der Waals surface area contributed by atoms with Gasteiger partial charge in [0.15, 0.2) is 11.6 Å². The fraction of sp³-hybridized carbons (Fsp3) is 0.241. The van der Waals surface area contributed by atoms with Crippen LogP contribution in [0.3, 0.4) is 0 Å². The summed E-state index contributed by atoms with van der Waals surface area (Å²) in [6, 6.07) is 26.7. The molecule has 5 rings (SSSR count). The number of carbonyl (C=O) groups is 2. The van der Waals surface area contributed by atoms with E-state index < -0.39 is 11.8 Å². The van der Waals surface area contributed by atoms with Gasteiger partial charge in [0, 0.05) is 16.8 Å². The van der Waals surface area contributed by atoms with Crippen molar-refractivity contribution < 1.29 is 9.59 Å². The first-order valence-corrected chi connectivity index (χ1v) is 11.6. The first-order chi connectivity index (χ1) is 16.2. The lowest BCUT2D eigenvalue weighted by Crippen LogP contribution is -2.31. The summed E-state index contributed by atoms with van der Waals surface area (Å²) in [6.45, 7) is 0. The third-order valence-electron chi connectivity index (χ3n) is 6.57. The summed E-state index contributed by atoms with van der Waals surface area (Å²) in [4.78, 5) is 27.7. The van der Waals surface area contributed by atoms with Gasteiger partial charge in [-0.15, -0.1) is 0 Å². The maximum absolute atomic E-state index is 14.1. The molecule has 164 valence electrons. The molecule has 1 saturated carbocycles. The van der Waals surface area contributed by atoms with Gasteiger partial charge >= 0.3 is 0 Å². The zero-order chi connectivity index (χ0) is 22.6. The van der Waals surface area contributed by atoms with Crippen molar-refractivity contribution in [3.8, 4) is 0 Å².